The van der Waals surface area contributed by atoms with Crippen LogP contribution in [0.1, 0.15) is 0 Å². The van der Waals surface area contributed by atoms with Gasteiger partial charge in [-0.05, 0) is 12.1 Å². The van der Waals surface area contributed by atoms with Crippen molar-refractivity contribution < 1.29 is 4.92 Å². The summed E-state index contributed by atoms with van der Waals surface area (Å²) >= 11 is 0. The van der Waals surface area contributed by atoms with Gasteiger partial charge in [0.25, 0.3) is 5.69 Å². The van der Waals surface area contributed by atoms with Gasteiger partial charge in [0.15, 0.2) is 0 Å². The monoisotopic (exact) mass is 279 g/mol. The van der Waals surface area contributed by atoms with Gasteiger partial charge in [0.05, 0.1) is 28.9 Å². The van der Waals surface area contributed by atoms with Crippen LogP contribution in [0.3, 0.4) is 0 Å². The third kappa shape index (κ3) is 2.26. The molecule has 0 radical (unpaired) electrons. The van der Waals surface area contributed by atoms with Gasteiger partial charge in [0.1, 0.15) is 6.20 Å². The van der Waals surface area contributed by atoms with Crippen LogP contribution in [0.25, 0.3) is 10.4 Å². The van der Waals surface area contributed by atoms with Crippen LogP contribution in [0.4, 0.5) is 22.7 Å². The number of benzene rings is 1. The average Bonchev–Trinajstić information content (AvgIpc) is 2.93. The van der Waals surface area contributed by atoms with E-state index >= 15 is 0 Å². The molecule has 0 aliphatic rings. The molecule has 2 heterocycles. The summed E-state index contributed by atoms with van der Waals surface area (Å²) in [4.78, 5) is 13.8. The molecule has 3 aromatic rings. The molecule has 102 valence electrons. The lowest BCUT2D eigenvalue weighted by atomic mass is 10.2. The van der Waals surface area contributed by atoms with Crippen molar-refractivity contribution in [2.24, 2.45) is 0 Å². The van der Waals surface area contributed by atoms with Gasteiger partial charge in [0, 0.05) is 11.8 Å². The zero-order valence-electron chi connectivity index (χ0n) is 10.7. The lowest BCUT2D eigenvalue weighted by Gasteiger charge is -2.09. The second-order valence-electron chi connectivity index (χ2n) is 4.29. The second kappa shape index (κ2) is 4.94. The fraction of sp³-hybridized carbons (Fsp3) is 0. The highest BCUT2D eigenvalue weighted by Gasteiger charge is 2.16. The fourth-order valence-corrected chi connectivity index (χ4v) is 2.01. The van der Waals surface area contributed by atoms with Crippen molar-refractivity contribution in [3.63, 3.8) is 0 Å². The number of nitro groups is 1. The minimum atomic E-state index is -0.488. The van der Waals surface area contributed by atoms with E-state index in [0.717, 1.165) is 5.69 Å². The molecular formula is C14H9N5O2. The van der Waals surface area contributed by atoms with E-state index in [0.29, 0.717) is 16.9 Å². The Balaban J connectivity index is 2.18. The summed E-state index contributed by atoms with van der Waals surface area (Å²) in [7, 11) is 0. The molecule has 7 heteroatoms. The third-order valence-electron chi connectivity index (χ3n) is 2.98. The Hall–Kier alpha value is -3.40. The van der Waals surface area contributed by atoms with Crippen LogP contribution in [0.2, 0.25) is 0 Å². The summed E-state index contributed by atoms with van der Waals surface area (Å²) < 4.78 is 1.39. The Morgan fingerprint density at radius 3 is 2.76 bits per heavy atom. The molecule has 21 heavy (non-hydrogen) atoms. The Bertz CT molecular complexity index is 864. The molecule has 0 aliphatic heterocycles. The van der Waals surface area contributed by atoms with Crippen LogP contribution in [-0.2, 0) is 0 Å². The van der Waals surface area contributed by atoms with Gasteiger partial charge in [-0.15, -0.1) is 0 Å². The van der Waals surface area contributed by atoms with Crippen LogP contribution in [-0.4, -0.2) is 14.5 Å². The Labute approximate surface area is 119 Å². The van der Waals surface area contributed by atoms with Gasteiger partial charge in [-0.1, -0.05) is 18.2 Å². The summed E-state index contributed by atoms with van der Waals surface area (Å²) in [5, 5.41) is 18.0. The van der Waals surface area contributed by atoms with Crippen molar-refractivity contribution in [3.05, 3.63) is 70.3 Å². The first-order valence-corrected chi connectivity index (χ1v) is 6.04. The maximum absolute atomic E-state index is 10.9. The van der Waals surface area contributed by atoms with Crippen LogP contribution in [0.5, 0.6) is 0 Å². The minimum absolute atomic E-state index is 0.0688. The van der Waals surface area contributed by atoms with Crippen molar-refractivity contribution in [2.45, 2.75) is 0 Å². The van der Waals surface area contributed by atoms with Gasteiger partial charge in [0.2, 0.25) is 5.69 Å². The summed E-state index contributed by atoms with van der Waals surface area (Å²) in [6.45, 7) is 7.22. The molecule has 0 fully saturated rings. The second-order valence-corrected chi connectivity index (χ2v) is 4.29. The molecule has 0 amide bonds. The highest BCUT2D eigenvalue weighted by atomic mass is 16.6. The maximum Gasteiger partial charge on any atom is 0.289 e. The van der Waals surface area contributed by atoms with Crippen LogP contribution in [0, 0.1) is 16.7 Å². The van der Waals surface area contributed by atoms with Gasteiger partial charge in [-0.25, -0.2) is 9.36 Å². The van der Waals surface area contributed by atoms with E-state index in [4.69, 9.17) is 6.57 Å². The summed E-state index contributed by atoms with van der Waals surface area (Å²) in [6.07, 6.45) is 2.70. The third-order valence-corrected chi connectivity index (χ3v) is 2.98. The van der Waals surface area contributed by atoms with Crippen molar-refractivity contribution in [1.82, 2.24) is 9.61 Å². The largest absolute Gasteiger partial charge is 0.363 e. The standard InChI is InChI=1S/C14H9N5O2/c1-15-12-8-16-18-9-11(19(20)21)7-13(18)14(12)17-10-5-3-2-4-6-10/h2-9,17H. The number of nitrogens with zero attached hydrogens (tertiary/aromatic N) is 4. The molecular weight excluding hydrogens is 270 g/mol. The summed E-state index contributed by atoms with van der Waals surface area (Å²) in [5.41, 5.74) is 2.01. The Morgan fingerprint density at radius 2 is 2.10 bits per heavy atom. The van der Waals surface area contributed by atoms with E-state index in [9.17, 15) is 10.1 Å². The highest BCUT2D eigenvalue weighted by Crippen LogP contribution is 2.33. The van der Waals surface area contributed by atoms with E-state index in [1.807, 2.05) is 30.3 Å². The quantitative estimate of drug-likeness (QED) is 0.452. The molecule has 3 rings (SSSR count). The lowest BCUT2D eigenvalue weighted by molar-refractivity contribution is -0.384. The van der Waals surface area contributed by atoms with Crippen molar-refractivity contribution >= 4 is 28.3 Å². The van der Waals surface area contributed by atoms with Crippen LogP contribution < -0.4 is 5.32 Å². The van der Waals surface area contributed by atoms with E-state index in [1.165, 1.54) is 23.0 Å². The topological polar surface area (TPSA) is 76.8 Å². The SMILES string of the molecule is [C-]#[N+]c1cnn2cc([N+](=O)[O-])cc2c1Nc1ccccc1. The molecule has 0 atom stereocenters. The Morgan fingerprint density at radius 1 is 1.33 bits per heavy atom. The van der Waals surface area contributed by atoms with E-state index in [-0.39, 0.29) is 5.69 Å². The first-order valence-electron chi connectivity index (χ1n) is 6.04. The van der Waals surface area contributed by atoms with Crippen molar-refractivity contribution in [1.29, 1.82) is 0 Å². The number of rotatable bonds is 3. The first-order chi connectivity index (χ1) is 10.2. The van der Waals surface area contributed by atoms with Crippen LogP contribution >= 0.6 is 0 Å². The van der Waals surface area contributed by atoms with Crippen LogP contribution in [0.15, 0.2) is 48.8 Å². The number of para-hydroxylation sites is 1. The molecule has 0 unspecified atom stereocenters. The van der Waals surface area contributed by atoms with Gasteiger partial charge < -0.3 is 5.32 Å². The molecule has 7 nitrogen and oxygen atoms in total. The normalized spacial score (nSPS) is 10.2. The average molecular weight is 279 g/mol. The molecule has 0 saturated heterocycles. The van der Waals surface area contributed by atoms with Gasteiger partial charge >= 0.3 is 0 Å². The number of anilines is 2. The van der Waals surface area contributed by atoms with E-state index in [1.54, 1.807) is 0 Å². The maximum atomic E-state index is 10.9. The molecule has 1 N–H and O–H groups in total. The number of hydrogen-bond donors (Lipinski definition) is 1. The number of fused-ring (bicyclic) bond motifs is 1. The minimum Gasteiger partial charge on any atom is -0.363 e. The molecule has 0 saturated carbocycles. The van der Waals surface area contributed by atoms with Crippen molar-refractivity contribution in [2.75, 3.05) is 5.32 Å². The summed E-state index contributed by atoms with van der Waals surface area (Å²) in [5.74, 6) is 0. The predicted octanol–water partition coefficient (Wildman–Crippen LogP) is 3.54. The zero-order chi connectivity index (χ0) is 14.8. The highest BCUT2D eigenvalue weighted by molar-refractivity contribution is 5.88. The molecule has 0 spiro atoms. The van der Waals surface area contributed by atoms with Gasteiger partial charge in [-0.3, -0.25) is 10.1 Å². The number of hydrogen-bond acceptors (Lipinski definition) is 4. The molecule has 0 bridgehead atoms. The smallest absolute Gasteiger partial charge is 0.289 e. The number of nitrogens with one attached hydrogen (secondary N) is 1. The fourth-order valence-electron chi connectivity index (χ4n) is 2.01. The van der Waals surface area contributed by atoms with Gasteiger partial charge in [-0.2, -0.15) is 5.10 Å². The first kappa shape index (κ1) is 12.6. The van der Waals surface area contributed by atoms with E-state index < -0.39 is 4.92 Å². The molecule has 2 aromatic heterocycles. The molecule has 0 aliphatic carbocycles. The van der Waals surface area contributed by atoms with Crippen molar-refractivity contribution in [3.8, 4) is 0 Å². The summed E-state index contributed by atoms with van der Waals surface area (Å²) in [6, 6.07) is 10.7. The zero-order valence-corrected chi connectivity index (χ0v) is 10.7. The molecule has 1 aromatic carbocycles. The number of aromatic nitrogens is 2. The van der Waals surface area contributed by atoms with E-state index in [2.05, 4.69) is 15.3 Å². The lowest BCUT2D eigenvalue weighted by Crippen LogP contribution is -1.96. The predicted molar refractivity (Wildman–Crippen MR) is 77.8 cm³/mol. The Kier molecular flexibility index (Phi) is 2.97.